The van der Waals surface area contributed by atoms with E-state index >= 15 is 0 Å². The van der Waals surface area contributed by atoms with Crippen LogP contribution in [0.4, 0.5) is 0 Å². The highest BCUT2D eigenvalue weighted by Crippen LogP contribution is 2.19. The maximum atomic E-state index is 11.9. The third-order valence-electron chi connectivity index (χ3n) is 5.50. The zero-order chi connectivity index (χ0) is 23.8. The molecule has 3 aromatic carbocycles. The molecule has 0 unspecified atom stereocenters. The summed E-state index contributed by atoms with van der Waals surface area (Å²) < 4.78 is 30.1. The third-order valence-corrected chi connectivity index (χ3v) is 7.77. The Kier molecular flexibility index (Phi) is 13.7. The summed E-state index contributed by atoms with van der Waals surface area (Å²) >= 11 is 2.36. The fourth-order valence-electron chi connectivity index (χ4n) is 3.60. The molecule has 3 rings (SSSR count). The molecule has 0 N–H and O–H groups in total. The van der Waals surface area contributed by atoms with Gasteiger partial charge in [-0.1, -0.05) is 119 Å². The minimum Gasteiger partial charge on any atom is -0.266 e. The predicted molar refractivity (Wildman–Crippen MR) is 148 cm³/mol. The van der Waals surface area contributed by atoms with E-state index in [1.54, 1.807) is 30.3 Å². The van der Waals surface area contributed by atoms with E-state index in [0.29, 0.717) is 0 Å². The lowest BCUT2D eigenvalue weighted by atomic mass is 10.1. The second kappa shape index (κ2) is 16.2. The molecule has 0 saturated heterocycles. The van der Waals surface area contributed by atoms with Gasteiger partial charge in [0.15, 0.2) is 0 Å². The first-order valence-electron chi connectivity index (χ1n) is 12.1. The number of halogens is 1. The summed E-state index contributed by atoms with van der Waals surface area (Å²) in [5, 5.41) is 2.66. The maximum absolute atomic E-state index is 11.9. The van der Waals surface area contributed by atoms with Crippen LogP contribution in [0.15, 0.2) is 77.7 Å². The van der Waals surface area contributed by atoms with Crippen LogP contribution in [-0.4, -0.2) is 15.0 Å². The van der Waals surface area contributed by atoms with Gasteiger partial charge in [-0.3, -0.25) is 4.18 Å². The average Bonchev–Trinajstić information content (AvgIpc) is 2.84. The molecule has 0 aliphatic carbocycles. The molecule has 33 heavy (non-hydrogen) atoms. The largest absolute Gasteiger partial charge is 0.296 e. The van der Waals surface area contributed by atoms with Crippen LogP contribution in [0.1, 0.15) is 71.1 Å². The van der Waals surface area contributed by atoms with Crippen molar-refractivity contribution in [3.05, 3.63) is 76.4 Å². The molecule has 5 heteroatoms. The summed E-state index contributed by atoms with van der Waals surface area (Å²) in [6.07, 6.45) is 12.3. The second-order valence-electron chi connectivity index (χ2n) is 8.23. The van der Waals surface area contributed by atoms with Crippen molar-refractivity contribution in [3.63, 3.8) is 0 Å². The molecule has 0 spiro atoms. The van der Waals surface area contributed by atoms with Crippen molar-refractivity contribution in [3.8, 4) is 0 Å². The monoisotopic (exact) mass is 580 g/mol. The van der Waals surface area contributed by atoms with Gasteiger partial charge in [-0.05, 0) is 58.0 Å². The van der Waals surface area contributed by atoms with Crippen LogP contribution in [0.3, 0.4) is 0 Å². The van der Waals surface area contributed by atoms with E-state index in [0.717, 1.165) is 12.8 Å². The molecule has 0 atom stereocenters. The van der Waals surface area contributed by atoms with Crippen molar-refractivity contribution in [2.45, 2.75) is 76.0 Å². The standard InChI is InChI=1S/C18H30O3S.C10H7I/c1-2-3-4-5-6-7-8-9-10-14-17-21-22(19,20)18-15-12-11-13-16-18;11-10-7-3-5-8-4-1-2-6-9(8)10/h11-13,15-16H,2-10,14,17H2,1H3;1-7H. The number of hydrogen-bond donors (Lipinski definition) is 0. The van der Waals surface area contributed by atoms with E-state index in [9.17, 15) is 8.42 Å². The third kappa shape index (κ3) is 11.0. The highest BCUT2D eigenvalue weighted by Gasteiger charge is 2.13. The summed E-state index contributed by atoms with van der Waals surface area (Å²) in [4.78, 5) is 0.238. The molecule has 180 valence electrons. The molecule has 0 heterocycles. The molecule has 0 aliphatic rings. The van der Waals surface area contributed by atoms with E-state index < -0.39 is 10.1 Å². The predicted octanol–water partition coefficient (Wildman–Crippen LogP) is 8.76. The van der Waals surface area contributed by atoms with Crippen molar-refractivity contribution < 1.29 is 12.6 Å². The molecular weight excluding hydrogens is 543 g/mol. The summed E-state index contributed by atoms with van der Waals surface area (Å²) in [5.74, 6) is 0. The van der Waals surface area contributed by atoms with Crippen LogP contribution >= 0.6 is 22.6 Å². The van der Waals surface area contributed by atoms with Crippen LogP contribution < -0.4 is 0 Å². The van der Waals surface area contributed by atoms with Crippen LogP contribution in [0.2, 0.25) is 0 Å². The van der Waals surface area contributed by atoms with Gasteiger partial charge < -0.3 is 0 Å². The van der Waals surface area contributed by atoms with Gasteiger partial charge in [0.2, 0.25) is 0 Å². The summed E-state index contributed by atoms with van der Waals surface area (Å²) in [6.45, 7) is 2.52. The molecule has 0 radical (unpaired) electrons. The lowest BCUT2D eigenvalue weighted by Gasteiger charge is -2.05. The zero-order valence-corrected chi connectivity index (χ0v) is 22.7. The van der Waals surface area contributed by atoms with Crippen molar-refractivity contribution >= 4 is 43.5 Å². The Balaban J connectivity index is 0.000000288. The first-order valence-corrected chi connectivity index (χ1v) is 14.6. The molecule has 0 aromatic heterocycles. The van der Waals surface area contributed by atoms with Gasteiger partial charge in [-0.25, -0.2) is 0 Å². The van der Waals surface area contributed by atoms with E-state index in [2.05, 4.69) is 72.0 Å². The molecule has 0 amide bonds. The normalized spacial score (nSPS) is 11.2. The molecule has 0 bridgehead atoms. The van der Waals surface area contributed by atoms with Crippen LogP contribution in [-0.2, 0) is 14.3 Å². The Morgan fingerprint density at radius 1 is 0.667 bits per heavy atom. The van der Waals surface area contributed by atoms with Gasteiger partial charge in [0, 0.05) is 3.57 Å². The average molecular weight is 581 g/mol. The molecule has 3 aromatic rings. The second-order valence-corrected chi connectivity index (χ2v) is 11.0. The Morgan fingerprint density at radius 2 is 1.21 bits per heavy atom. The Labute approximate surface area is 214 Å². The fraction of sp³-hybridized carbons (Fsp3) is 0.429. The summed E-state index contributed by atoms with van der Waals surface area (Å²) in [6, 6.07) is 23.1. The molecule has 0 aliphatic heterocycles. The minimum atomic E-state index is -3.57. The van der Waals surface area contributed by atoms with Crippen LogP contribution in [0.25, 0.3) is 10.8 Å². The Hall–Kier alpha value is -1.44. The van der Waals surface area contributed by atoms with Gasteiger partial charge in [0.05, 0.1) is 11.5 Å². The van der Waals surface area contributed by atoms with Crippen molar-refractivity contribution in [1.82, 2.24) is 0 Å². The Morgan fingerprint density at radius 3 is 1.85 bits per heavy atom. The van der Waals surface area contributed by atoms with Gasteiger partial charge in [0.1, 0.15) is 0 Å². The zero-order valence-electron chi connectivity index (χ0n) is 19.7. The smallest absolute Gasteiger partial charge is 0.266 e. The first kappa shape index (κ1) is 27.8. The van der Waals surface area contributed by atoms with Gasteiger partial charge in [-0.2, -0.15) is 8.42 Å². The minimum absolute atomic E-state index is 0.238. The van der Waals surface area contributed by atoms with Crippen molar-refractivity contribution in [2.24, 2.45) is 0 Å². The molecular formula is C28H37IO3S. The Bertz CT molecular complexity index is 1010. The topological polar surface area (TPSA) is 43.4 Å². The van der Waals surface area contributed by atoms with Gasteiger partial charge >= 0.3 is 0 Å². The van der Waals surface area contributed by atoms with Crippen LogP contribution in [0.5, 0.6) is 0 Å². The van der Waals surface area contributed by atoms with Gasteiger partial charge in [0.25, 0.3) is 10.1 Å². The summed E-state index contributed by atoms with van der Waals surface area (Å²) in [7, 11) is -3.57. The van der Waals surface area contributed by atoms with E-state index in [1.165, 1.54) is 65.7 Å². The highest BCUT2D eigenvalue weighted by atomic mass is 127. The first-order chi connectivity index (χ1) is 16.0. The molecule has 0 fully saturated rings. The molecule has 3 nitrogen and oxygen atoms in total. The van der Waals surface area contributed by atoms with E-state index in [-0.39, 0.29) is 11.5 Å². The molecule has 0 saturated carbocycles. The van der Waals surface area contributed by atoms with Crippen LogP contribution in [0, 0.1) is 3.57 Å². The lowest BCUT2D eigenvalue weighted by molar-refractivity contribution is 0.306. The number of fused-ring (bicyclic) bond motifs is 1. The highest BCUT2D eigenvalue weighted by molar-refractivity contribution is 14.1. The quantitative estimate of drug-likeness (QED) is 0.115. The number of unbranched alkanes of at least 4 members (excludes halogenated alkanes) is 9. The number of hydrogen-bond acceptors (Lipinski definition) is 3. The van der Waals surface area contributed by atoms with E-state index in [4.69, 9.17) is 4.18 Å². The SMILES string of the molecule is CCCCCCCCCCCCOS(=O)(=O)c1ccccc1.Ic1cccc2ccccc12. The number of benzene rings is 3. The summed E-state index contributed by atoms with van der Waals surface area (Å²) in [5.41, 5.74) is 0. The van der Waals surface area contributed by atoms with Gasteiger partial charge in [-0.15, -0.1) is 0 Å². The fourth-order valence-corrected chi connectivity index (χ4v) is 5.26. The maximum Gasteiger partial charge on any atom is 0.296 e. The van der Waals surface area contributed by atoms with E-state index in [1.807, 2.05) is 0 Å². The van der Waals surface area contributed by atoms with Crippen molar-refractivity contribution in [1.29, 1.82) is 0 Å². The van der Waals surface area contributed by atoms with Crippen molar-refractivity contribution in [2.75, 3.05) is 6.61 Å². The lowest BCUT2D eigenvalue weighted by Crippen LogP contribution is -2.07. The number of rotatable bonds is 13.